The van der Waals surface area contributed by atoms with E-state index in [1.807, 2.05) is 0 Å². The van der Waals surface area contributed by atoms with Crippen molar-refractivity contribution in [2.24, 2.45) is 5.92 Å². The molecule has 1 nitrogen and oxygen atoms in total. The quantitative estimate of drug-likeness (QED) is 0.263. The Morgan fingerprint density at radius 3 is 1.00 bits per heavy atom. The number of benzene rings is 4. The van der Waals surface area contributed by atoms with Gasteiger partial charge in [0.1, 0.15) is 0 Å². The van der Waals surface area contributed by atoms with Gasteiger partial charge in [0.05, 0.1) is 41.1 Å². The van der Waals surface area contributed by atoms with Crippen LogP contribution in [0, 0.1) is 17.2 Å². The van der Waals surface area contributed by atoms with Crippen LogP contribution in [0.15, 0.2) is 145 Å². The minimum absolute atomic E-state index is 0.00968. The number of nitrogens with one attached hydrogen (secondary N) is 1. The molecule has 0 amide bonds. The summed E-state index contributed by atoms with van der Waals surface area (Å²) >= 11 is 0. The summed E-state index contributed by atoms with van der Waals surface area (Å²) in [6.07, 6.45) is 4.54. The van der Waals surface area contributed by atoms with Crippen LogP contribution >= 0.6 is 0 Å². The highest BCUT2D eigenvalue weighted by Crippen LogP contribution is 2.43. The van der Waals surface area contributed by atoms with E-state index in [2.05, 4.69) is 147 Å². The first-order valence-electron chi connectivity index (χ1n) is 12.7. The molecule has 0 fully saturated rings. The fourth-order valence-corrected chi connectivity index (χ4v) is 5.19. The molecule has 0 bridgehead atoms. The summed E-state index contributed by atoms with van der Waals surface area (Å²) in [6.45, 7) is 4.49. The van der Waals surface area contributed by atoms with Crippen LogP contribution in [0.1, 0.15) is 47.9 Å². The largest absolute Gasteiger partial charge is 0.275 e. The lowest BCUT2D eigenvalue weighted by Gasteiger charge is -2.27. The highest BCUT2D eigenvalue weighted by Gasteiger charge is 2.40. The topological polar surface area (TPSA) is 23.9 Å². The highest BCUT2D eigenvalue weighted by atomic mass is 14.5. The lowest BCUT2D eigenvalue weighted by Crippen LogP contribution is -2.24. The molecule has 4 aromatic rings. The van der Waals surface area contributed by atoms with Crippen molar-refractivity contribution in [1.29, 1.82) is 5.41 Å². The van der Waals surface area contributed by atoms with Crippen molar-refractivity contribution in [2.45, 2.75) is 25.7 Å². The van der Waals surface area contributed by atoms with Gasteiger partial charge >= 0.3 is 0 Å². The van der Waals surface area contributed by atoms with E-state index in [0.717, 1.165) is 11.1 Å². The summed E-state index contributed by atoms with van der Waals surface area (Å²) in [6, 6.07) is 42.5. The Morgan fingerprint density at radius 2 is 0.750 bits per heavy atom. The van der Waals surface area contributed by atoms with Crippen molar-refractivity contribution in [3.8, 4) is 0 Å². The molecule has 0 spiro atoms. The summed E-state index contributed by atoms with van der Waals surface area (Å²) in [5.74, 6) is 1.60. The maximum absolute atomic E-state index is 9.64. The molecule has 1 heteroatoms. The minimum Gasteiger partial charge on any atom is -0.275 e. The zero-order valence-corrected chi connectivity index (χ0v) is 20.9. The predicted octanol–water partition coefficient (Wildman–Crippen LogP) is 8.77. The number of rotatable bonds is 7. The monoisotopic (exact) mass is 466 g/mol. The Hall–Kier alpha value is -4.10. The minimum atomic E-state index is -0.00968. The lowest BCUT2D eigenvalue weighted by molar-refractivity contribution is 0.720. The van der Waals surface area contributed by atoms with E-state index in [-0.39, 0.29) is 11.8 Å². The van der Waals surface area contributed by atoms with Crippen molar-refractivity contribution < 1.29 is 0 Å². The number of hydrogen-bond donors (Lipinski definition) is 1. The van der Waals surface area contributed by atoms with Crippen molar-refractivity contribution >= 4 is 5.71 Å². The molecule has 36 heavy (non-hydrogen) atoms. The summed E-state index contributed by atoms with van der Waals surface area (Å²) in [5.41, 5.74) is 7.57. The first-order valence-corrected chi connectivity index (χ1v) is 12.7. The van der Waals surface area contributed by atoms with Gasteiger partial charge in [-0.2, -0.15) is 0 Å². The van der Waals surface area contributed by atoms with Gasteiger partial charge in [0.2, 0.25) is 0 Å². The molecule has 0 heterocycles. The average molecular weight is 467 g/mol. The Kier molecular flexibility index (Phi) is 7.00. The van der Waals surface area contributed by atoms with Crippen molar-refractivity contribution in [2.75, 3.05) is 0 Å². The van der Waals surface area contributed by atoms with E-state index in [9.17, 15) is 5.41 Å². The van der Waals surface area contributed by atoms with Gasteiger partial charge < -0.3 is 0 Å². The Bertz CT molecular complexity index is 1170. The van der Waals surface area contributed by atoms with Gasteiger partial charge in [0, 0.05) is 5.92 Å². The second kappa shape index (κ2) is 10.7. The van der Waals surface area contributed by atoms with Crippen LogP contribution in [0.4, 0.5) is 0 Å². The zero-order chi connectivity index (χ0) is 24.9. The third-order valence-corrected chi connectivity index (χ3v) is 7.04. The fraction of sp³-hybridized carbons (Fsp3) is 0.143. The molecule has 0 atom stereocenters. The van der Waals surface area contributed by atoms with Gasteiger partial charge in [-0.05, 0) is 36.1 Å². The normalized spacial score (nSPS) is 13.8. The molecular formula is C35H32N+. The molecule has 0 unspecified atom stereocenters. The smallest absolute Gasteiger partial charge is 0.173 e. The number of hydrogen-bond acceptors (Lipinski definition) is 1. The van der Waals surface area contributed by atoms with Crippen molar-refractivity contribution in [3.05, 3.63) is 173 Å². The maximum Gasteiger partial charge on any atom is 0.173 e. The van der Waals surface area contributed by atoms with Crippen LogP contribution in [-0.4, -0.2) is 5.71 Å². The number of allylic oxidation sites excluding steroid dienone is 4. The average Bonchev–Trinajstić information content (AvgIpc) is 2.93. The molecule has 0 radical (unpaired) electrons. The summed E-state index contributed by atoms with van der Waals surface area (Å²) < 4.78 is 0. The van der Waals surface area contributed by atoms with Crippen molar-refractivity contribution in [3.63, 3.8) is 0 Å². The zero-order valence-electron chi connectivity index (χ0n) is 20.9. The summed E-state index contributed by atoms with van der Waals surface area (Å²) in [7, 11) is 0. The molecular weight excluding hydrogens is 434 g/mol. The maximum atomic E-state index is 9.64. The van der Waals surface area contributed by atoms with Gasteiger partial charge in [-0.25, -0.2) is 0 Å². The first kappa shape index (κ1) is 23.6. The summed E-state index contributed by atoms with van der Waals surface area (Å²) in [5, 5.41) is 9.64. The first-order chi connectivity index (χ1) is 17.6. The second-order valence-corrected chi connectivity index (χ2v) is 9.74. The third-order valence-electron chi connectivity index (χ3n) is 7.04. The second-order valence-electron chi connectivity index (χ2n) is 9.74. The van der Waals surface area contributed by atoms with Gasteiger partial charge in [-0.3, -0.25) is 5.41 Å². The van der Waals surface area contributed by atoms with E-state index in [1.54, 1.807) is 0 Å². The Labute approximate surface area is 215 Å². The molecule has 1 N–H and O–H groups in total. The van der Waals surface area contributed by atoms with Crippen LogP contribution in [-0.2, 0) is 0 Å². The molecule has 1 aliphatic rings. The van der Waals surface area contributed by atoms with Gasteiger partial charge in [-0.1, -0.05) is 121 Å². The fourth-order valence-electron chi connectivity index (χ4n) is 5.19. The van der Waals surface area contributed by atoms with Crippen LogP contribution in [0.3, 0.4) is 0 Å². The van der Waals surface area contributed by atoms with E-state index in [4.69, 9.17) is 0 Å². The molecule has 0 aliphatic heterocycles. The van der Waals surface area contributed by atoms with E-state index in [1.165, 1.54) is 28.2 Å². The van der Waals surface area contributed by atoms with Gasteiger partial charge in [0.15, 0.2) is 5.71 Å². The van der Waals surface area contributed by atoms with Crippen LogP contribution in [0.5, 0.6) is 0 Å². The van der Waals surface area contributed by atoms with Crippen molar-refractivity contribution in [1.82, 2.24) is 0 Å². The molecule has 176 valence electrons. The molecule has 0 saturated heterocycles. The van der Waals surface area contributed by atoms with E-state index in [0.29, 0.717) is 11.6 Å². The van der Waals surface area contributed by atoms with Gasteiger partial charge in [-0.15, -0.1) is 0 Å². The van der Waals surface area contributed by atoms with Crippen LogP contribution in [0.2, 0.25) is 0 Å². The lowest BCUT2D eigenvalue weighted by atomic mass is 9.70. The Morgan fingerprint density at radius 1 is 0.472 bits per heavy atom. The third kappa shape index (κ3) is 4.83. The van der Waals surface area contributed by atoms with Crippen LogP contribution < -0.4 is 0 Å². The van der Waals surface area contributed by atoms with E-state index >= 15 is 0 Å². The van der Waals surface area contributed by atoms with E-state index < -0.39 is 0 Å². The molecule has 0 aromatic heterocycles. The predicted molar refractivity (Wildman–Crippen MR) is 151 cm³/mol. The van der Waals surface area contributed by atoms with Gasteiger partial charge in [0.25, 0.3) is 0 Å². The SMILES string of the molecule is CC(C)[C+]1C=C(C(c2ccccc2)c2ccccc2)C(=N)C(C(c2ccccc2)c2ccccc2)=C1. The van der Waals surface area contributed by atoms with Crippen LogP contribution in [0.25, 0.3) is 0 Å². The molecule has 0 saturated carbocycles. The molecule has 1 aliphatic carbocycles. The molecule has 5 rings (SSSR count). The highest BCUT2D eigenvalue weighted by molar-refractivity contribution is 6.14. The molecule has 4 aromatic carbocycles. The Balaban J connectivity index is 1.68. The standard InChI is InChI=1S/C35H32N/c1-25(2)30-23-31(33(26-15-7-3-8-16-26)27-17-9-4-10-18-27)35(36)32(24-30)34(28-19-11-5-12-20-28)29-21-13-6-14-22-29/h3-25,33-34,36H,1-2H3/q+1. The summed E-state index contributed by atoms with van der Waals surface area (Å²) in [4.78, 5) is 0.